The van der Waals surface area contributed by atoms with Gasteiger partial charge in [0.25, 0.3) is 5.56 Å². The Balaban J connectivity index is 2.10. The van der Waals surface area contributed by atoms with Gasteiger partial charge in [-0.1, -0.05) is 35.9 Å². The molecule has 6 heteroatoms. The SMILES string of the molecule is Cc1ccc(Cl)c(OC(=O)c2nn(C)c(=O)c3ccccc23)c1. The van der Waals surface area contributed by atoms with E-state index in [1.165, 1.54) is 7.05 Å². The monoisotopic (exact) mass is 328 g/mol. The minimum Gasteiger partial charge on any atom is -0.420 e. The number of ether oxygens (including phenoxy) is 1. The first-order chi connectivity index (χ1) is 11.0. The molecule has 0 bridgehead atoms. The molecule has 0 fully saturated rings. The van der Waals surface area contributed by atoms with Crippen molar-refractivity contribution in [2.75, 3.05) is 0 Å². The van der Waals surface area contributed by atoms with Crippen LogP contribution in [0.25, 0.3) is 10.8 Å². The summed E-state index contributed by atoms with van der Waals surface area (Å²) in [7, 11) is 1.49. The zero-order valence-corrected chi connectivity index (χ0v) is 13.3. The Bertz CT molecular complexity index is 979. The van der Waals surface area contributed by atoms with Crippen molar-refractivity contribution >= 4 is 28.3 Å². The van der Waals surface area contributed by atoms with E-state index in [4.69, 9.17) is 16.3 Å². The van der Waals surface area contributed by atoms with Gasteiger partial charge in [-0.2, -0.15) is 5.10 Å². The molecule has 0 atom stereocenters. The molecule has 23 heavy (non-hydrogen) atoms. The Morgan fingerprint density at radius 1 is 1.17 bits per heavy atom. The van der Waals surface area contributed by atoms with E-state index < -0.39 is 5.97 Å². The molecule has 0 N–H and O–H groups in total. The number of esters is 1. The summed E-state index contributed by atoms with van der Waals surface area (Å²) in [5, 5.41) is 5.23. The van der Waals surface area contributed by atoms with E-state index in [-0.39, 0.29) is 17.0 Å². The van der Waals surface area contributed by atoms with Gasteiger partial charge in [0.05, 0.1) is 10.4 Å². The predicted molar refractivity (Wildman–Crippen MR) is 88.1 cm³/mol. The fourth-order valence-corrected chi connectivity index (χ4v) is 2.44. The normalized spacial score (nSPS) is 10.7. The maximum absolute atomic E-state index is 12.5. The summed E-state index contributed by atoms with van der Waals surface area (Å²) in [5.74, 6) is -0.402. The van der Waals surface area contributed by atoms with Gasteiger partial charge in [0.15, 0.2) is 5.69 Å². The number of fused-ring (bicyclic) bond motifs is 1. The van der Waals surface area contributed by atoms with Crippen LogP contribution >= 0.6 is 11.6 Å². The highest BCUT2D eigenvalue weighted by atomic mass is 35.5. The number of carbonyl (C=O) groups excluding carboxylic acids is 1. The van der Waals surface area contributed by atoms with Crippen molar-refractivity contribution < 1.29 is 9.53 Å². The molecule has 1 heterocycles. The summed E-state index contributed by atoms with van der Waals surface area (Å²) in [6.45, 7) is 1.87. The molecule has 0 amide bonds. The first-order valence-corrected chi connectivity index (χ1v) is 7.29. The van der Waals surface area contributed by atoms with E-state index >= 15 is 0 Å². The minimum absolute atomic E-state index is 0.0697. The molecule has 0 saturated heterocycles. The molecule has 0 aliphatic heterocycles. The smallest absolute Gasteiger partial charge is 0.364 e. The van der Waals surface area contributed by atoms with Gasteiger partial charge < -0.3 is 4.74 Å². The summed E-state index contributed by atoms with van der Waals surface area (Å²) in [5.41, 5.74) is 0.710. The van der Waals surface area contributed by atoms with Crippen molar-refractivity contribution in [2.24, 2.45) is 7.05 Å². The van der Waals surface area contributed by atoms with E-state index in [2.05, 4.69) is 5.10 Å². The van der Waals surface area contributed by atoms with Crippen molar-refractivity contribution in [3.8, 4) is 5.75 Å². The first kappa shape index (κ1) is 15.2. The predicted octanol–water partition coefficient (Wildman–Crippen LogP) is 3.11. The maximum atomic E-state index is 12.5. The van der Waals surface area contributed by atoms with Crippen LogP contribution in [0.4, 0.5) is 0 Å². The van der Waals surface area contributed by atoms with Gasteiger partial charge in [0.1, 0.15) is 5.75 Å². The molecule has 0 saturated carbocycles. The van der Waals surface area contributed by atoms with Crippen LogP contribution in [0.5, 0.6) is 5.75 Å². The lowest BCUT2D eigenvalue weighted by molar-refractivity contribution is 0.0728. The number of aromatic nitrogens is 2. The van der Waals surface area contributed by atoms with Crippen LogP contribution in [0.3, 0.4) is 0 Å². The molecular weight excluding hydrogens is 316 g/mol. The highest BCUT2D eigenvalue weighted by Gasteiger charge is 2.18. The largest absolute Gasteiger partial charge is 0.420 e. The lowest BCUT2D eigenvalue weighted by atomic mass is 10.1. The van der Waals surface area contributed by atoms with Gasteiger partial charge in [-0.05, 0) is 30.7 Å². The Labute approximate surface area is 137 Å². The van der Waals surface area contributed by atoms with Crippen LogP contribution in [-0.2, 0) is 7.05 Å². The number of aryl methyl sites for hydroxylation is 2. The Morgan fingerprint density at radius 3 is 2.61 bits per heavy atom. The molecule has 3 aromatic rings. The molecule has 0 aliphatic rings. The average Bonchev–Trinajstić information content (AvgIpc) is 2.54. The summed E-state index contributed by atoms with van der Waals surface area (Å²) in [6.07, 6.45) is 0. The summed E-state index contributed by atoms with van der Waals surface area (Å²) in [6, 6.07) is 11.9. The highest BCUT2D eigenvalue weighted by Crippen LogP contribution is 2.26. The highest BCUT2D eigenvalue weighted by molar-refractivity contribution is 6.32. The summed E-state index contributed by atoms with van der Waals surface area (Å²) < 4.78 is 6.49. The second-order valence-electron chi connectivity index (χ2n) is 5.15. The lowest BCUT2D eigenvalue weighted by Gasteiger charge is -2.09. The zero-order chi connectivity index (χ0) is 16.6. The van der Waals surface area contributed by atoms with Crippen molar-refractivity contribution in [1.82, 2.24) is 9.78 Å². The fourth-order valence-electron chi connectivity index (χ4n) is 2.29. The molecule has 3 rings (SSSR count). The molecule has 2 aromatic carbocycles. The Hall–Kier alpha value is -2.66. The Kier molecular flexibility index (Phi) is 3.88. The van der Waals surface area contributed by atoms with Gasteiger partial charge in [-0.25, -0.2) is 9.48 Å². The third kappa shape index (κ3) is 2.83. The van der Waals surface area contributed by atoms with E-state index in [1.54, 1.807) is 36.4 Å². The molecule has 0 aliphatic carbocycles. The standard InChI is InChI=1S/C17H13ClN2O3/c1-10-7-8-13(18)14(9-10)23-17(22)15-11-5-3-4-6-12(11)16(21)20(2)19-15/h3-9H,1-2H3. The van der Waals surface area contributed by atoms with E-state index in [9.17, 15) is 9.59 Å². The molecule has 1 aromatic heterocycles. The second-order valence-corrected chi connectivity index (χ2v) is 5.55. The third-order valence-electron chi connectivity index (χ3n) is 3.44. The Morgan fingerprint density at radius 2 is 1.87 bits per heavy atom. The number of nitrogens with zero attached hydrogens (tertiary/aromatic N) is 2. The van der Waals surface area contributed by atoms with Crippen molar-refractivity contribution in [1.29, 1.82) is 0 Å². The van der Waals surface area contributed by atoms with Crippen LogP contribution in [0.15, 0.2) is 47.3 Å². The zero-order valence-electron chi connectivity index (χ0n) is 12.5. The number of hydrogen-bond donors (Lipinski definition) is 0. The molecular formula is C17H13ClN2O3. The molecule has 0 radical (unpaired) electrons. The van der Waals surface area contributed by atoms with Gasteiger partial charge in [-0.15, -0.1) is 0 Å². The van der Waals surface area contributed by atoms with Crippen LogP contribution in [0, 0.1) is 6.92 Å². The molecule has 0 spiro atoms. The first-order valence-electron chi connectivity index (χ1n) is 6.92. The van der Waals surface area contributed by atoms with Gasteiger partial charge >= 0.3 is 5.97 Å². The summed E-state index contributed by atoms with van der Waals surface area (Å²) in [4.78, 5) is 24.6. The van der Waals surface area contributed by atoms with Crippen LogP contribution in [0.1, 0.15) is 16.1 Å². The minimum atomic E-state index is -0.663. The second kappa shape index (κ2) is 5.85. The van der Waals surface area contributed by atoms with Gasteiger partial charge in [0, 0.05) is 12.4 Å². The van der Waals surface area contributed by atoms with Crippen molar-refractivity contribution in [2.45, 2.75) is 6.92 Å². The van der Waals surface area contributed by atoms with E-state index in [0.717, 1.165) is 10.2 Å². The summed E-state index contributed by atoms with van der Waals surface area (Å²) >= 11 is 6.05. The number of hydrogen-bond acceptors (Lipinski definition) is 4. The topological polar surface area (TPSA) is 61.2 Å². The number of carbonyl (C=O) groups is 1. The fraction of sp³-hybridized carbons (Fsp3) is 0.118. The number of benzene rings is 2. The number of rotatable bonds is 2. The lowest BCUT2D eigenvalue weighted by Crippen LogP contribution is -2.24. The molecule has 0 unspecified atom stereocenters. The average molecular weight is 329 g/mol. The van der Waals surface area contributed by atoms with Crippen LogP contribution < -0.4 is 10.3 Å². The molecule has 5 nitrogen and oxygen atoms in total. The van der Waals surface area contributed by atoms with Crippen LogP contribution in [-0.4, -0.2) is 15.7 Å². The van der Waals surface area contributed by atoms with Crippen molar-refractivity contribution in [3.05, 3.63) is 69.1 Å². The quantitative estimate of drug-likeness (QED) is 0.535. The molecule has 116 valence electrons. The van der Waals surface area contributed by atoms with Gasteiger partial charge in [0.2, 0.25) is 0 Å². The van der Waals surface area contributed by atoms with E-state index in [1.807, 2.05) is 13.0 Å². The maximum Gasteiger partial charge on any atom is 0.364 e. The third-order valence-corrected chi connectivity index (χ3v) is 3.75. The van der Waals surface area contributed by atoms with Crippen molar-refractivity contribution in [3.63, 3.8) is 0 Å². The van der Waals surface area contributed by atoms with E-state index in [0.29, 0.717) is 15.8 Å². The van der Waals surface area contributed by atoms with Crippen LogP contribution in [0.2, 0.25) is 5.02 Å². The number of halogens is 1. The van der Waals surface area contributed by atoms with Gasteiger partial charge in [-0.3, -0.25) is 4.79 Å².